The summed E-state index contributed by atoms with van der Waals surface area (Å²) < 4.78 is 16.4. The van der Waals surface area contributed by atoms with Gasteiger partial charge in [0.1, 0.15) is 11.5 Å². The molecule has 0 spiro atoms. The number of carbonyl (C=O) groups is 1. The molecule has 0 bridgehead atoms. The van der Waals surface area contributed by atoms with Crippen LogP contribution in [0.25, 0.3) is 0 Å². The average Bonchev–Trinajstić information content (AvgIpc) is 2.88. The van der Waals surface area contributed by atoms with Gasteiger partial charge in [0.15, 0.2) is 0 Å². The molecule has 9 nitrogen and oxygen atoms in total. The standard InChI is InChI=1S/C24H31Cl2N5O4/c1-14-21(29-24(34-3)30-22(14)28-16-4-5-17(25)18(26)12-16)23(32)31-9-6-15(7-10-31)27-19-8-11-35-13-20(19)33-2/h4-5,12,15,19-20,27H,6-11,13H2,1-3H3,(H,28,29,30)/t19-,20+/m1/s1. The summed E-state index contributed by atoms with van der Waals surface area (Å²) in [6.45, 7) is 4.44. The molecule has 1 amide bonds. The lowest BCUT2D eigenvalue weighted by Gasteiger charge is -2.38. The molecular weight excluding hydrogens is 493 g/mol. The van der Waals surface area contributed by atoms with Gasteiger partial charge >= 0.3 is 6.01 Å². The fourth-order valence-electron chi connectivity index (χ4n) is 4.46. The number of halogens is 2. The van der Waals surface area contributed by atoms with Gasteiger partial charge in [-0.3, -0.25) is 4.79 Å². The van der Waals surface area contributed by atoms with Crippen LogP contribution in [0, 0.1) is 6.92 Å². The van der Waals surface area contributed by atoms with Gasteiger partial charge in [0.25, 0.3) is 5.91 Å². The minimum absolute atomic E-state index is 0.0565. The normalized spacial score (nSPS) is 21.1. The molecule has 11 heteroatoms. The zero-order valence-electron chi connectivity index (χ0n) is 20.1. The minimum Gasteiger partial charge on any atom is -0.467 e. The van der Waals surface area contributed by atoms with Gasteiger partial charge in [-0.05, 0) is 44.4 Å². The number of ether oxygens (including phenoxy) is 3. The molecule has 1 aromatic heterocycles. The highest BCUT2D eigenvalue weighted by Crippen LogP contribution is 2.29. The smallest absolute Gasteiger partial charge is 0.318 e. The van der Waals surface area contributed by atoms with E-state index in [1.54, 1.807) is 25.3 Å². The Morgan fingerprint density at radius 2 is 1.91 bits per heavy atom. The predicted octanol–water partition coefficient (Wildman–Crippen LogP) is 3.84. The highest BCUT2D eigenvalue weighted by molar-refractivity contribution is 6.42. The third-order valence-electron chi connectivity index (χ3n) is 6.53. The second-order valence-corrected chi connectivity index (χ2v) is 9.58. The van der Waals surface area contributed by atoms with Crippen LogP contribution in [0.5, 0.6) is 6.01 Å². The number of piperidine rings is 1. The summed E-state index contributed by atoms with van der Waals surface area (Å²) in [7, 11) is 3.20. The van der Waals surface area contributed by atoms with Gasteiger partial charge in [0, 0.05) is 50.1 Å². The maximum Gasteiger partial charge on any atom is 0.318 e. The topological polar surface area (TPSA) is 97.8 Å². The number of methoxy groups -OCH3 is 2. The second-order valence-electron chi connectivity index (χ2n) is 8.76. The Hall–Kier alpha value is -2.17. The Morgan fingerprint density at radius 1 is 1.14 bits per heavy atom. The molecule has 0 saturated carbocycles. The first-order valence-corrected chi connectivity index (χ1v) is 12.5. The number of benzene rings is 1. The van der Waals surface area contributed by atoms with Crippen LogP contribution in [-0.4, -0.2) is 79.5 Å². The number of aromatic nitrogens is 2. The lowest BCUT2D eigenvalue weighted by atomic mass is 9.99. The fraction of sp³-hybridized carbons (Fsp3) is 0.542. The van der Waals surface area contributed by atoms with Crippen molar-refractivity contribution >= 4 is 40.6 Å². The summed E-state index contributed by atoms with van der Waals surface area (Å²) in [5, 5.41) is 7.79. The SMILES string of the molecule is COc1nc(Nc2ccc(Cl)c(Cl)c2)c(C)c(C(=O)N2CCC(N[C@@H]3CCOC[C@@H]3OC)CC2)n1. The molecule has 2 saturated heterocycles. The quantitative estimate of drug-likeness (QED) is 0.564. The number of rotatable bonds is 7. The summed E-state index contributed by atoms with van der Waals surface area (Å²) in [4.78, 5) is 24.1. The van der Waals surface area contributed by atoms with Crippen molar-refractivity contribution in [1.29, 1.82) is 0 Å². The van der Waals surface area contributed by atoms with E-state index in [0.717, 1.165) is 25.9 Å². The largest absolute Gasteiger partial charge is 0.467 e. The number of nitrogens with zero attached hydrogens (tertiary/aromatic N) is 3. The molecule has 0 radical (unpaired) electrons. The Kier molecular flexibility index (Phi) is 8.67. The Morgan fingerprint density at radius 3 is 2.60 bits per heavy atom. The van der Waals surface area contributed by atoms with Gasteiger partial charge < -0.3 is 29.7 Å². The number of likely N-dealkylation sites (tertiary alicyclic amines) is 1. The van der Waals surface area contributed by atoms with Crippen LogP contribution >= 0.6 is 23.2 Å². The first-order chi connectivity index (χ1) is 16.9. The van der Waals surface area contributed by atoms with Gasteiger partial charge in [-0.15, -0.1) is 0 Å². The summed E-state index contributed by atoms with van der Waals surface area (Å²) in [6.07, 6.45) is 2.69. The third kappa shape index (κ3) is 6.16. The summed E-state index contributed by atoms with van der Waals surface area (Å²) in [6, 6.07) is 5.89. The predicted molar refractivity (Wildman–Crippen MR) is 135 cm³/mol. The molecule has 0 unspecified atom stereocenters. The molecule has 2 fully saturated rings. The molecule has 4 rings (SSSR count). The highest BCUT2D eigenvalue weighted by Gasteiger charge is 2.31. The molecule has 2 atom stereocenters. The van der Waals surface area contributed by atoms with E-state index in [1.807, 2.05) is 11.8 Å². The molecule has 1 aromatic carbocycles. The summed E-state index contributed by atoms with van der Waals surface area (Å²) in [5.41, 5.74) is 1.64. The zero-order chi connectivity index (χ0) is 24.9. The van der Waals surface area contributed by atoms with E-state index in [-0.39, 0.29) is 24.1 Å². The third-order valence-corrected chi connectivity index (χ3v) is 7.27. The lowest BCUT2D eigenvalue weighted by molar-refractivity contribution is -0.0533. The van der Waals surface area contributed by atoms with E-state index in [2.05, 4.69) is 20.6 Å². The second kappa shape index (κ2) is 11.7. The molecule has 190 valence electrons. The number of hydrogen-bond donors (Lipinski definition) is 2. The molecule has 2 aromatic rings. The van der Waals surface area contributed by atoms with Crippen molar-refractivity contribution in [2.45, 2.75) is 44.4 Å². The maximum absolute atomic E-state index is 13.4. The van der Waals surface area contributed by atoms with Crippen molar-refractivity contribution in [3.63, 3.8) is 0 Å². The van der Waals surface area contributed by atoms with Crippen LogP contribution in [0.4, 0.5) is 11.5 Å². The first-order valence-electron chi connectivity index (χ1n) is 11.7. The lowest BCUT2D eigenvalue weighted by Crippen LogP contribution is -2.54. The number of carbonyl (C=O) groups excluding carboxylic acids is 1. The number of nitrogens with one attached hydrogen (secondary N) is 2. The van der Waals surface area contributed by atoms with Crippen molar-refractivity contribution in [1.82, 2.24) is 20.2 Å². The van der Waals surface area contributed by atoms with Gasteiger partial charge in [0.05, 0.1) is 29.9 Å². The van der Waals surface area contributed by atoms with Crippen LogP contribution in [0.1, 0.15) is 35.3 Å². The molecule has 3 heterocycles. The number of hydrogen-bond acceptors (Lipinski definition) is 8. The van der Waals surface area contributed by atoms with Crippen molar-refractivity contribution in [3.8, 4) is 6.01 Å². The highest BCUT2D eigenvalue weighted by atomic mass is 35.5. The summed E-state index contributed by atoms with van der Waals surface area (Å²) >= 11 is 12.2. The van der Waals surface area contributed by atoms with Crippen molar-refractivity contribution in [3.05, 3.63) is 39.5 Å². The van der Waals surface area contributed by atoms with Gasteiger partial charge in [-0.2, -0.15) is 9.97 Å². The average molecular weight is 524 g/mol. The van der Waals surface area contributed by atoms with E-state index < -0.39 is 0 Å². The van der Waals surface area contributed by atoms with Crippen LogP contribution in [0.3, 0.4) is 0 Å². The van der Waals surface area contributed by atoms with Crippen LogP contribution in [0.15, 0.2) is 18.2 Å². The molecule has 2 aliphatic rings. The Bertz CT molecular complexity index is 1050. The zero-order valence-corrected chi connectivity index (χ0v) is 21.7. The van der Waals surface area contributed by atoms with Gasteiger partial charge in [-0.25, -0.2) is 0 Å². The van der Waals surface area contributed by atoms with Crippen LogP contribution < -0.4 is 15.4 Å². The maximum atomic E-state index is 13.4. The van der Waals surface area contributed by atoms with Crippen molar-refractivity contribution in [2.24, 2.45) is 0 Å². The monoisotopic (exact) mass is 523 g/mol. The Balaban J connectivity index is 1.44. The number of anilines is 2. The fourth-order valence-corrected chi connectivity index (χ4v) is 4.76. The Labute approximate surface area is 215 Å². The molecule has 35 heavy (non-hydrogen) atoms. The van der Waals surface area contributed by atoms with Crippen LogP contribution in [0.2, 0.25) is 10.0 Å². The number of amides is 1. The van der Waals surface area contributed by atoms with E-state index in [1.165, 1.54) is 7.11 Å². The van der Waals surface area contributed by atoms with E-state index in [4.69, 9.17) is 37.4 Å². The van der Waals surface area contributed by atoms with Gasteiger partial charge in [-0.1, -0.05) is 23.2 Å². The minimum atomic E-state index is -0.139. The first kappa shape index (κ1) is 25.9. The molecule has 2 aliphatic heterocycles. The van der Waals surface area contributed by atoms with Gasteiger partial charge in [0.2, 0.25) is 0 Å². The summed E-state index contributed by atoms with van der Waals surface area (Å²) in [5.74, 6) is 0.333. The van der Waals surface area contributed by atoms with E-state index >= 15 is 0 Å². The van der Waals surface area contributed by atoms with Crippen molar-refractivity contribution in [2.75, 3.05) is 45.8 Å². The molecule has 0 aliphatic carbocycles. The van der Waals surface area contributed by atoms with Crippen molar-refractivity contribution < 1.29 is 19.0 Å². The molecular formula is C24H31Cl2N5O4. The van der Waals surface area contributed by atoms with Crippen LogP contribution in [-0.2, 0) is 9.47 Å². The molecule has 2 N–H and O–H groups in total. The van der Waals surface area contributed by atoms with E-state index in [0.29, 0.717) is 58.5 Å². The van der Waals surface area contributed by atoms with E-state index in [9.17, 15) is 4.79 Å².